The lowest BCUT2D eigenvalue weighted by molar-refractivity contribution is 0.159. The van der Waals surface area contributed by atoms with Gasteiger partial charge in [-0.2, -0.15) is 0 Å². The van der Waals surface area contributed by atoms with Crippen LogP contribution >= 0.6 is 0 Å². The van der Waals surface area contributed by atoms with Crippen LogP contribution in [0.5, 0.6) is 0 Å². The summed E-state index contributed by atoms with van der Waals surface area (Å²) in [4.78, 5) is 2.50. The van der Waals surface area contributed by atoms with Crippen molar-refractivity contribution >= 4 is 0 Å². The molecule has 1 rings (SSSR count). The first kappa shape index (κ1) is 11.0. The molecule has 1 unspecified atom stereocenters. The predicted molar refractivity (Wildman–Crippen MR) is 57.7 cm³/mol. The Balaban J connectivity index is 2.30. The van der Waals surface area contributed by atoms with Crippen molar-refractivity contribution in [2.24, 2.45) is 11.7 Å². The van der Waals surface area contributed by atoms with Gasteiger partial charge in [0.05, 0.1) is 0 Å². The first-order valence-electron chi connectivity index (χ1n) is 5.75. The van der Waals surface area contributed by atoms with Crippen molar-refractivity contribution < 1.29 is 0 Å². The molecule has 1 saturated carbocycles. The SMILES string of the molecule is CCN(CC)C(CN)CC1CCC1. The zero-order valence-corrected chi connectivity index (χ0v) is 9.13. The molecule has 0 aliphatic heterocycles. The van der Waals surface area contributed by atoms with E-state index in [0.29, 0.717) is 6.04 Å². The van der Waals surface area contributed by atoms with Gasteiger partial charge in [-0.25, -0.2) is 0 Å². The lowest BCUT2D eigenvalue weighted by Gasteiger charge is -2.35. The van der Waals surface area contributed by atoms with E-state index in [-0.39, 0.29) is 0 Å². The Labute approximate surface area is 82.5 Å². The molecule has 2 heteroatoms. The van der Waals surface area contributed by atoms with Gasteiger partial charge < -0.3 is 5.73 Å². The van der Waals surface area contributed by atoms with E-state index in [1.807, 2.05) is 0 Å². The molecule has 0 aromatic carbocycles. The number of nitrogens with zero attached hydrogens (tertiary/aromatic N) is 1. The molecule has 78 valence electrons. The molecule has 1 aliphatic carbocycles. The van der Waals surface area contributed by atoms with Gasteiger partial charge in [0.1, 0.15) is 0 Å². The van der Waals surface area contributed by atoms with Gasteiger partial charge in [0.25, 0.3) is 0 Å². The Kier molecular flexibility index (Phi) is 4.74. The summed E-state index contributed by atoms with van der Waals surface area (Å²) in [7, 11) is 0. The fourth-order valence-electron chi connectivity index (χ4n) is 2.25. The molecule has 0 bridgehead atoms. The van der Waals surface area contributed by atoms with Crippen LogP contribution in [-0.4, -0.2) is 30.6 Å². The molecule has 2 nitrogen and oxygen atoms in total. The number of likely N-dealkylation sites (N-methyl/N-ethyl adjacent to an activating group) is 1. The smallest absolute Gasteiger partial charge is 0.0220 e. The van der Waals surface area contributed by atoms with Crippen LogP contribution in [-0.2, 0) is 0 Å². The maximum atomic E-state index is 5.81. The van der Waals surface area contributed by atoms with Crippen LogP contribution in [0.3, 0.4) is 0 Å². The van der Waals surface area contributed by atoms with Crippen LogP contribution in [0.1, 0.15) is 39.5 Å². The Morgan fingerprint density at radius 3 is 2.23 bits per heavy atom. The standard InChI is InChI=1S/C11H24N2/c1-3-13(4-2)11(9-12)8-10-6-5-7-10/h10-11H,3-9,12H2,1-2H3. The van der Waals surface area contributed by atoms with Crippen molar-refractivity contribution in [2.45, 2.75) is 45.6 Å². The second-order valence-corrected chi connectivity index (χ2v) is 4.14. The summed E-state index contributed by atoms with van der Waals surface area (Å²) in [6.07, 6.45) is 5.66. The lowest BCUT2D eigenvalue weighted by Crippen LogP contribution is -2.42. The zero-order chi connectivity index (χ0) is 9.68. The number of rotatable bonds is 6. The number of hydrogen-bond donors (Lipinski definition) is 1. The van der Waals surface area contributed by atoms with Crippen LogP contribution in [0, 0.1) is 5.92 Å². The fourth-order valence-corrected chi connectivity index (χ4v) is 2.25. The maximum absolute atomic E-state index is 5.81. The Morgan fingerprint density at radius 1 is 1.31 bits per heavy atom. The average Bonchev–Trinajstić information content (AvgIpc) is 2.09. The molecule has 1 atom stereocenters. The minimum Gasteiger partial charge on any atom is -0.329 e. The van der Waals surface area contributed by atoms with Gasteiger partial charge >= 0.3 is 0 Å². The van der Waals surface area contributed by atoms with E-state index in [9.17, 15) is 0 Å². The fraction of sp³-hybridized carbons (Fsp3) is 1.00. The topological polar surface area (TPSA) is 29.3 Å². The van der Waals surface area contributed by atoms with E-state index in [0.717, 1.165) is 25.6 Å². The van der Waals surface area contributed by atoms with Gasteiger partial charge in [-0.05, 0) is 25.4 Å². The lowest BCUT2D eigenvalue weighted by atomic mass is 9.80. The number of hydrogen-bond acceptors (Lipinski definition) is 2. The molecule has 1 fully saturated rings. The van der Waals surface area contributed by atoms with Gasteiger partial charge in [0.15, 0.2) is 0 Å². The van der Waals surface area contributed by atoms with E-state index in [1.165, 1.54) is 25.7 Å². The van der Waals surface area contributed by atoms with E-state index < -0.39 is 0 Å². The molecule has 2 N–H and O–H groups in total. The van der Waals surface area contributed by atoms with Crippen molar-refractivity contribution in [1.82, 2.24) is 4.90 Å². The van der Waals surface area contributed by atoms with Crippen molar-refractivity contribution in [1.29, 1.82) is 0 Å². The molecular weight excluding hydrogens is 160 g/mol. The highest BCUT2D eigenvalue weighted by molar-refractivity contribution is 4.79. The second-order valence-electron chi connectivity index (χ2n) is 4.14. The van der Waals surface area contributed by atoms with Crippen LogP contribution in [0.25, 0.3) is 0 Å². The highest BCUT2D eigenvalue weighted by Crippen LogP contribution is 2.31. The highest BCUT2D eigenvalue weighted by Gasteiger charge is 2.23. The van der Waals surface area contributed by atoms with Crippen LogP contribution in [0.2, 0.25) is 0 Å². The van der Waals surface area contributed by atoms with Gasteiger partial charge in [0, 0.05) is 12.6 Å². The monoisotopic (exact) mass is 184 g/mol. The number of nitrogens with two attached hydrogens (primary N) is 1. The summed E-state index contributed by atoms with van der Waals surface area (Å²) >= 11 is 0. The molecule has 0 spiro atoms. The average molecular weight is 184 g/mol. The summed E-state index contributed by atoms with van der Waals surface area (Å²) in [6, 6.07) is 0.639. The largest absolute Gasteiger partial charge is 0.329 e. The third kappa shape index (κ3) is 2.96. The quantitative estimate of drug-likeness (QED) is 0.682. The molecule has 0 radical (unpaired) electrons. The maximum Gasteiger partial charge on any atom is 0.0220 e. The van der Waals surface area contributed by atoms with E-state index >= 15 is 0 Å². The molecule has 1 aliphatic rings. The van der Waals surface area contributed by atoms with Crippen molar-refractivity contribution in [3.8, 4) is 0 Å². The first-order valence-corrected chi connectivity index (χ1v) is 5.75. The van der Waals surface area contributed by atoms with Gasteiger partial charge in [0.2, 0.25) is 0 Å². The summed E-state index contributed by atoms with van der Waals surface area (Å²) in [5, 5.41) is 0. The van der Waals surface area contributed by atoms with Gasteiger partial charge in [-0.3, -0.25) is 4.90 Å². The Morgan fingerprint density at radius 2 is 1.92 bits per heavy atom. The molecule has 0 amide bonds. The summed E-state index contributed by atoms with van der Waals surface area (Å²) in [6.45, 7) is 7.58. The summed E-state index contributed by atoms with van der Waals surface area (Å²) in [5.74, 6) is 0.981. The second kappa shape index (κ2) is 5.61. The zero-order valence-electron chi connectivity index (χ0n) is 9.13. The highest BCUT2D eigenvalue weighted by atomic mass is 15.2. The summed E-state index contributed by atoms with van der Waals surface area (Å²) in [5.41, 5.74) is 5.81. The van der Waals surface area contributed by atoms with E-state index in [4.69, 9.17) is 5.73 Å². The van der Waals surface area contributed by atoms with Gasteiger partial charge in [-0.15, -0.1) is 0 Å². The predicted octanol–water partition coefficient (Wildman–Crippen LogP) is 1.85. The minimum absolute atomic E-state index is 0.639. The van der Waals surface area contributed by atoms with Crippen molar-refractivity contribution in [3.05, 3.63) is 0 Å². The molecular formula is C11H24N2. The first-order chi connectivity index (χ1) is 6.31. The molecule has 0 aromatic rings. The van der Waals surface area contributed by atoms with E-state index in [1.54, 1.807) is 0 Å². The van der Waals surface area contributed by atoms with Gasteiger partial charge in [-0.1, -0.05) is 33.1 Å². The third-order valence-electron chi connectivity index (χ3n) is 3.43. The van der Waals surface area contributed by atoms with E-state index in [2.05, 4.69) is 18.7 Å². The van der Waals surface area contributed by atoms with Crippen LogP contribution in [0.4, 0.5) is 0 Å². The van der Waals surface area contributed by atoms with Crippen LogP contribution < -0.4 is 5.73 Å². The van der Waals surface area contributed by atoms with Crippen molar-refractivity contribution in [2.75, 3.05) is 19.6 Å². The van der Waals surface area contributed by atoms with Crippen molar-refractivity contribution in [3.63, 3.8) is 0 Å². The molecule has 0 aromatic heterocycles. The Bertz CT molecular complexity index is 128. The summed E-state index contributed by atoms with van der Waals surface area (Å²) < 4.78 is 0. The Hall–Kier alpha value is -0.0800. The minimum atomic E-state index is 0.639. The molecule has 13 heavy (non-hydrogen) atoms. The third-order valence-corrected chi connectivity index (χ3v) is 3.43. The van der Waals surface area contributed by atoms with Crippen LogP contribution in [0.15, 0.2) is 0 Å². The molecule has 0 saturated heterocycles. The molecule has 0 heterocycles. The normalized spacial score (nSPS) is 20.3.